The van der Waals surface area contributed by atoms with Crippen LogP contribution in [0.4, 0.5) is 8.78 Å². The summed E-state index contributed by atoms with van der Waals surface area (Å²) in [5.74, 6) is -1.67. The summed E-state index contributed by atoms with van der Waals surface area (Å²) in [6.45, 7) is 5.43. The van der Waals surface area contributed by atoms with Crippen LogP contribution in [0.3, 0.4) is 0 Å². The average molecular weight is 210 g/mol. The van der Waals surface area contributed by atoms with E-state index in [-0.39, 0.29) is 12.0 Å². The first kappa shape index (κ1) is 11.6. The van der Waals surface area contributed by atoms with Crippen molar-refractivity contribution in [1.82, 2.24) is 0 Å². The first-order valence-electron chi connectivity index (χ1n) is 4.63. The summed E-state index contributed by atoms with van der Waals surface area (Å²) in [5, 5.41) is 0. The number of benzene rings is 1. The Bertz CT molecular complexity index is 397. The van der Waals surface area contributed by atoms with Gasteiger partial charge in [0.25, 0.3) is 0 Å². The van der Waals surface area contributed by atoms with Crippen LogP contribution in [0.2, 0.25) is 0 Å². The molecule has 0 aliphatic rings. The Kier molecular flexibility index (Phi) is 3.72. The molecule has 15 heavy (non-hydrogen) atoms. The van der Waals surface area contributed by atoms with Crippen LogP contribution in [-0.2, 0) is 0 Å². The van der Waals surface area contributed by atoms with Gasteiger partial charge in [0, 0.05) is 6.42 Å². The molecule has 0 saturated heterocycles. The van der Waals surface area contributed by atoms with Gasteiger partial charge in [-0.3, -0.25) is 4.79 Å². The third-order valence-corrected chi connectivity index (χ3v) is 2.01. The lowest BCUT2D eigenvalue weighted by molar-refractivity contribution is 0.0978. The molecule has 0 aliphatic carbocycles. The van der Waals surface area contributed by atoms with Crippen LogP contribution in [0.5, 0.6) is 0 Å². The molecule has 80 valence electrons. The van der Waals surface area contributed by atoms with Gasteiger partial charge in [0.2, 0.25) is 0 Å². The second-order valence-corrected chi connectivity index (χ2v) is 3.50. The van der Waals surface area contributed by atoms with Crippen molar-refractivity contribution in [2.45, 2.75) is 19.8 Å². The Hall–Kier alpha value is -1.51. The van der Waals surface area contributed by atoms with E-state index in [1.54, 1.807) is 6.92 Å². The Morgan fingerprint density at radius 3 is 2.60 bits per heavy atom. The molecule has 0 fully saturated rings. The number of carbonyl (C=O) groups is 1. The molecule has 0 bridgehead atoms. The van der Waals surface area contributed by atoms with Crippen molar-refractivity contribution in [3.05, 3.63) is 47.5 Å². The van der Waals surface area contributed by atoms with Crippen molar-refractivity contribution in [3.63, 3.8) is 0 Å². The predicted octanol–water partition coefficient (Wildman–Crippen LogP) is 3.50. The van der Waals surface area contributed by atoms with Crippen LogP contribution >= 0.6 is 0 Å². The third kappa shape index (κ3) is 3.27. The summed E-state index contributed by atoms with van der Waals surface area (Å²) >= 11 is 0. The molecule has 0 saturated carbocycles. The molecular weight excluding hydrogens is 198 g/mol. The van der Waals surface area contributed by atoms with Gasteiger partial charge in [-0.15, -0.1) is 6.58 Å². The van der Waals surface area contributed by atoms with E-state index in [4.69, 9.17) is 0 Å². The van der Waals surface area contributed by atoms with E-state index in [2.05, 4.69) is 6.58 Å². The maximum atomic E-state index is 13.1. The molecule has 1 aromatic carbocycles. The Balaban J connectivity index is 2.81. The van der Waals surface area contributed by atoms with Gasteiger partial charge in [0.1, 0.15) is 11.6 Å². The van der Waals surface area contributed by atoms with Crippen LogP contribution in [0.15, 0.2) is 30.4 Å². The minimum Gasteiger partial charge on any atom is -0.294 e. The quantitative estimate of drug-likeness (QED) is 0.549. The molecule has 1 nitrogen and oxygen atoms in total. The van der Waals surface area contributed by atoms with Gasteiger partial charge in [0.05, 0.1) is 5.56 Å². The molecule has 0 spiro atoms. The van der Waals surface area contributed by atoms with Crippen LogP contribution < -0.4 is 0 Å². The number of hydrogen-bond donors (Lipinski definition) is 0. The zero-order chi connectivity index (χ0) is 11.4. The topological polar surface area (TPSA) is 17.1 Å². The zero-order valence-electron chi connectivity index (χ0n) is 8.52. The Morgan fingerprint density at radius 1 is 1.33 bits per heavy atom. The van der Waals surface area contributed by atoms with Crippen LogP contribution in [0.1, 0.15) is 30.1 Å². The van der Waals surface area contributed by atoms with Gasteiger partial charge < -0.3 is 0 Å². The molecule has 0 radical (unpaired) electrons. The molecule has 0 N–H and O–H groups in total. The maximum Gasteiger partial charge on any atom is 0.166 e. The van der Waals surface area contributed by atoms with Gasteiger partial charge >= 0.3 is 0 Å². The summed E-state index contributed by atoms with van der Waals surface area (Å²) < 4.78 is 25.9. The van der Waals surface area contributed by atoms with Crippen molar-refractivity contribution in [3.8, 4) is 0 Å². The van der Waals surface area contributed by atoms with E-state index in [0.717, 1.165) is 23.8 Å². The highest BCUT2D eigenvalue weighted by Crippen LogP contribution is 2.14. The molecule has 0 atom stereocenters. The highest BCUT2D eigenvalue weighted by molar-refractivity contribution is 5.96. The molecule has 1 aromatic rings. The SMILES string of the molecule is C=C(C)CCC(=O)c1cc(F)ccc1F. The summed E-state index contributed by atoms with van der Waals surface area (Å²) in [5.41, 5.74) is 0.663. The van der Waals surface area contributed by atoms with Gasteiger partial charge in [-0.05, 0) is 31.5 Å². The van der Waals surface area contributed by atoms with E-state index in [9.17, 15) is 13.6 Å². The predicted molar refractivity (Wildman–Crippen MR) is 54.7 cm³/mol. The number of halogens is 2. The van der Waals surface area contributed by atoms with Gasteiger partial charge in [-0.2, -0.15) is 0 Å². The summed E-state index contributed by atoms with van der Waals surface area (Å²) in [6.07, 6.45) is 0.657. The van der Waals surface area contributed by atoms with Crippen molar-refractivity contribution in [2.24, 2.45) is 0 Å². The van der Waals surface area contributed by atoms with E-state index in [0.29, 0.717) is 6.42 Å². The van der Waals surface area contributed by atoms with Crippen LogP contribution in [0, 0.1) is 11.6 Å². The highest BCUT2D eigenvalue weighted by atomic mass is 19.1. The second kappa shape index (κ2) is 4.82. The fourth-order valence-corrected chi connectivity index (χ4v) is 1.17. The van der Waals surface area contributed by atoms with E-state index >= 15 is 0 Å². The minimum absolute atomic E-state index is 0.162. The standard InChI is InChI=1S/C12H12F2O/c1-8(2)3-6-12(15)10-7-9(13)4-5-11(10)14/h4-5,7H,1,3,6H2,2H3. The smallest absolute Gasteiger partial charge is 0.166 e. The lowest BCUT2D eigenvalue weighted by Crippen LogP contribution is -2.03. The average Bonchev–Trinajstić information content (AvgIpc) is 2.18. The second-order valence-electron chi connectivity index (χ2n) is 3.50. The van der Waals surface area contributed by atoms with Crippen molar-refractivity contribution in [1.29, 1.82) is 0 Å². The zero-order valence-corrected chi connectivity index (χ0v) is 8.52. The summed E-state index contributed by atoms with van der Waals surface area (Å²) in [7, 11) is 0. The Morgan fingerprint density at radius 2 is 2.00 bits per heavy atom. The van der Waals surface area contributed by atoms with Gasteiger partial charge in [-0.1, -0.05) is 5.57 Å². The van der Waals surface area contributed by atoms with E-state index < -0.39 is 17.4 Å². The van der Waals surface area contributed by atoms with E-state index in [1.807, 2.05) is 0 Å². The monoisotopic (exact) mass is 210 g/mol. The molecule has 0 aromatic heterocycles. The Labute approximate surface area is 87.4 Å². The van der Waals surface area contributed by atoms with Crippen molar-refractivity contribution < 1.29 is 13.6 Å². The first-order chi connectivity index (χ1) is 7.00. The van der Waals surface area contributed by atoms with Gasteiger partial charge in [-0.25, -0.2) is 8.78 Å². The molecule has 0 amide bonds. The fraction of sp³-hybridized carbons (Fsp3) is 0.250. The molecule has 3 heteroatoms. The van der Waals surface area contributed by atoms with Crippen LogP contribution in [-0.4, -0.2) is 5.78 Å². The third-order valence-electron chi connectivity index (χ3n) is 2.01. The van der Waals surface area contributed by atoms with Gasteiger partial charge in [0.15, 0.2) is 5.78 Å². The first-order valence-corrected chi connectivity index (χ1v) is 4.63. The summed E-state index contributed by atoms with van der Waals surface area (Å²) in [6, 6.07) is 2.88. The molecule has 0 heterocycles. The van der Waals surface area contributed by atoms with Crippen molar-refractivity contribution >= 4 is 5.78 Å². The normalized spacial score (nSPS) is 10.1. The number of hydrogen-bond acceptors (Lipinski definition) is 1. The lowest BCUT2D eigenvalue weighted by Gasteiger charge is -2.02. The van der Waals surface area contributed by atoms with Crippen LogP contribution in [0.25, 0.3) is 0 Å². The highest BCUT2D eigenvalue weighted by Gasteiger charge is 2.12. The number of ketones is 1. The fourth-order valence-electron chi connectivity index (χ4n) is 1.17. The molecular formula is C12H12F2O. The number of rotatable bonds is 4. The molecule has 1 rings (SSSR count). The molecule has 0 aliphatic heterocycles. The maximum absolute atomic E-state index is 13.1. The minimum atomic E-state index is -0.678. The number of allylic oxidation sites excluding steroid dienone is 1. The molecule has 0 unspecified atom stereocenters. The lowest BCUT2D eigenvalue weighted by atomic mass is 10.0. The van der Waals surface area contributed by atoms with E-state index in [1.165, 1.54) is 0 Å². The summed E-state index contributed by atoms with van der Waals surface area (Å²) in [4.78, 5) is 11.5. The largest absolute Gasteiger partial charge is 0.294 e. The number of carbonyl (C=O) groups excluding carboxylic acids is 1. The number of Topliss-reactive ketones (excluding diaryl/α,β-unsaturated/α-hetero) is 1. The van der Waals surface area contributed by atoms with Crippen molar-refractivity contribution in [2.75, 3.05) is 0 Å².